The number of piperidine rings is 1. The number of carbonyl (C=O) groups excluding carboxylic acids is 1. The number of hydrogen-bond donors (Lipinski definition) is 1. The first-order valence-corrected chi connectivity index (χ1v) is 8.04. The Labute approximate surface area is 124 Å². The molecular weight excluding hydrogens is 250 g/mol. The number of nitrogens with zero attached hydrogens (tertiary/aromatic N) is 2. The molecule has 1 N–H and O–H groups in total. The van der Waals surface area contributed by atoms with Crippen LogP contribution in [0.5, 0.6) is 0 Å². The van der Waals surface area contributed by atoms with Gasteiger partial charge in [0.2, 0.25) is 5.91 Å². The normalized spacial score (nSPS) is 20.2. The second kappa shape index (κ2) is 7.99. The molecule has 0 spiro atoms. The quantitative estimate of drug-likeness (QED) is 0.774. The molecule has 0 aliphatic carbocycles. The van der Waals surface area contributed by atoms with Crippen LogP contribution >= 0.6 is 0 Å². The fraction of sp³-hybridized carbons (Fsp3) is 0.938. The third-order valence-corrected chi connectivity index (χ3v) is 4.57. The monoisotopic (exact) mass is 283 g/mol. The van der Waals surface area contributed by atoms with Crippen molar-refractivity contribution in [3.63, 3.8) is 0 Å². The molecule has 0 bridgehead atoms. The highest BCUT2D eigenvalue weighted by Crippen LogP contribution is 2.33. The molecule has 4 nitrogen and oxygen atoms in total. The highest BCUT2D eigenvalue weighted by atomic mass is 16.2. The van der Waals surface area contributed by atoms with Crippen molar-refractivity contribution in [1.82, 2.24) is 15.1 Å². The minimum absolute atomic E-state index is 0.248. The van der Waals surface area contributed by atoms with Crippen molar-refractivity contribution in [2.75, 3.05) is 46.8 Å². The minimum Gasteiger partial charge on any atom is -0.342 e. The summed E-state index contributed by atoms with van der Waals surface area (Å²) < 4.78 is 0. The largest absolute Gasteiger partial charge is 0.342 e. The molecule has 0 aromatic rings. The predicted molar refractivity (Wildman–Crippen MR) is 84.8 cm³/mol. The van der Waals surface area contributed by atoms with Crippen molar-refractivity contribution in [3.8, 4) is 0 Å². The van der Waals surface area contributed by atoms with Gasteiger partial charge in [0.05, 0.1) is 0 Å². The van der Waals surface area contributed by atoms with Crippen LogP contribution in [0.3, 0.4) is 0 Å². The van der Waals surface area contributed by atoms with Crippen LogP contribution in [0.1, 0.15) is 40.0 Å². The van der Waals surface area contributed by atoms with Gasteiger partial charge in [0.25, 0.3) is 0 Å². The van der Waals surface area contributed by atoms with Gasteiger partial charge >= 0.3 is 0 Å². The third kappa shape index (κ3) is 4.74. The van der Waals surface area contributed by atoms with Crippen molar-refractivity contribution in [1.29, 1.82) is 0 Å². The zero-order valence-electron chi connectivity index (χ0n) is 14.0. The van der Waals surface area contributed by atoms with Crippen LogP contribution in [0.2, 0.25) is 0 Å². The Bertz CT molecular complexity index is 296. The highest BCUT2D eigenvalue weighted by molar-refractivity contribution is 5.82. The number of rotatable bonds is 7. The fourth-order valence-corrected chi connectivity index (χ4v) is 3.03. The Kier molecular flexibility index (Phi) is 6.96. The minimum atomic E-state index is -0.248. The maximum atomic E-state index is 12.9. The molecule has 1 amide bonds. The van der Waals surface area contributed by atoms with E-state index in [0.29, 0.717) is 11.8 Å². The molecule has 1 saturated heterocycles. The van der Waals surface area contributed by atoms with E-state index in [-0.39, 0.29) is 5.41 Å². The molecule has 1 rings (SSSR count). The van der Waals surface area contributed by atoms with E-state index in [1.807, 2.05) is 4.90 Å². The summed E-state index contributed by atoms with van der Waals surface area (Å²) in [6.45, 7) is 11.1. The molecule has 0 aromatic heterocycles. The van der Waals surface area contributed by atoms with Crippen LogP contribution in [0, 0.1) is 11.3 Å². The molecule has 118 valence electrons. The van der Waals surface area contributed by atoms with E-state index in [0.717, 1.165) is 39.1 Å². The SMILES string of the molecule is CCN(CCCN(C)C)C(=O)C(C)(C)C1CCCNC1. The van der Waals surface area contributed by atoms with E-state index in [9.17, 15) is 4.79 Å². The number of amides is 1. The average Bonchev–Trinajstić information content (AvgIpc) is 2.43. The predicted octanol–water partition coefficient (Wildman–Crippen LogP) is 1.81. The summed E-state index contributed by atoms with van der Waals surface area (Å²) in [5.41, 5.74) is -0.248. The molecule has 1 aliphatic rings. The van der Waals surface area contributed by atoms with Gasteiger partial charge in [-0.25, -0.2) is 0 Å². The van der Waals surface area contributed by atoms with Crippen LogP contribution in [-0.4, -0.2) is 62.5 Å². The first-order chi connectivity index (χ1) is 9.39. The molecule has 1 heterocycles. The first kappa shape index (κ1) is 17.4. The lowest BCUT2D eigenvalue weighted by atomic mass is 9.74. The van der Waals surface area contributed by atoms with Gasteiger partial charge < -0.3 is 15.1 Å². The van der Waals surface area contributed by atoms with E-state index in [1.165, 1.54) is 12.8 Å². The number of hydrogen-bond acceptors (Lipinski definition) is 3. The Hall–Kier alpha value is -0.610. The van der Waals surface area contributed by atoms with Gasteiger partial charge in [-0.3, -0.25) is 4.79 Å². The highest BCUT2D eigenvalue weighted by Gasteiger charge is 2.39. The van der Waals surface area contributed by atoms with Crippen molar-refractivity contribution < 1.29 is 4.79 Å². The van der Waals surface area contributed by atoms with Gasteiger partial charge in [0.1, 0.15) is 0 Å². The lowest BCUT2D eigenvalue weighted by Gasteiger charge is -2.39. The first-order valence-electron chi connectivity index (χ1n) is 8.04. The Morgan fingerprint density at radius 1 is 1.30 bits per heavy atom. The van der Waals surface area contributed by atoms with Gasteiger partial charge in [-0.1, -0.05) is 13.8 Å². The molecule has 1 aliphatic heterocycles. The maximum Gasteiger partial charge on any atom is 0.228 e. The second-order valence-corrected chi connectivity index (χ2v) is 6.81. The standard InChI is InChI=1S/C16H33N3O/c1-6-19(12-8-11-18(4)5)15(20)16(2,3)14-9-7-10-17-13-14/h14,17H,6-13H2,1-5H3. The Morgan fingerprint density at radius 3 is 2.50 bits per heavy atom. The van der Waals surface area contributed by atoms with Crippen LogP contribution < -0.4 is 5.32 Å². The van der Waals surface area contributed by atoms with Crippen LogP contribution in [-0.2, 0) is 4.79 Å². The molecule has 20 heavy (non-hydrogen) atoms. The summed E-state index contributed by atoms with van der Waals surface area (Å²) in [6, 6.07) is 0. The summed E-state index contributed by atoms with van der Waals surface area (Å²) in [4.78, 5) is 17.1. The zero-order chi connectivity index (χ0) is 15.2. The summed E-state index contributed by atoms with van der Waals surface area (Å²) in [7, 11) is 4.16. The Balaban J connectivity index is 2.58. The topological polar surface area (TPSA) is 35.6 Å². The maximum absolute atomic E-state index is 12.9. The molecule has 0 aromatic carbocycles. The Morgan fingerprint density at radius 2 is 2.00 bits per heavy atom. The number of carbonyl (C=O) groups is 1. The van der Waals surface area contributed by atoms with Crippen LogP contribution in [0.15, 0.2) is 0 Å². The van der Waals surface area contributed by atoms with E-state index < -0.39 is 0 Å². The molecule has 1 atom stereocenters. The van der Waals surface area contributed by atoms with Crippen molar-refractivity contribution in [2.24, 2.45) is 11.3 Å². The molecule has 1 unspecified atom stereocenters. The van der Waals surface area contributed by atoms with Crippen LogP contribution in [0.25, 0.3) is 0 Å². The van der Waals surface area contributed by atoms with E-state index in [2.05, 4.69) is 45.1 Å². The van der Waals surface area contributed by atoms with Gasteiger partial charge in [-0.2, -0.15) is 0 Å². The summed E-state index contributed by atoms with van der Waals surface area (Å²) in [5, 5.41) is 3.43. The molecular formula is C16H33N3O. The average molecular weight is 283 g/mol. The lowest BCUT2D eigenvalue weighted by Crippen LogP contribution is -2.49. The van der Waals surface area contributed by atoms with E-state index >= 15 is 0 Å². The lowest BCUT2D eigenvalue weighted by molar-refractivity contribution is -0.143. The van der Waals surface area contributed by atoms with Gasteiger partial charge in [-0.15, -0.1) is 0 Å². The van der Waals surface area contributed by atoms with E-state index in [4.69, 9.17) is 0 Å². The van der Waals surface area contributed by atoms with Crippen molar-refractivity contribution in [2.45, 2.75) is 40.0 Å². The summed E-state index contributed by atoms with van der Waals surface area (Å²) in [6.07, 6.45) is 3.40. The number of nitrogens with one attached hydrogen (secondary N) is 1. The van der Waals surface area contributed by atoms with Crippen molar-refractivity contribution >= 4 is 5.91 Å². The zero-order valence-corrected chi connectivity index (χ0v) is 14.0. The molecule has 4 heteroatoms. The van der Waals surface area contributed by atoms with Crippen molar-refractivity contribution in [3.05, 3.63) is 0 Å². The van der Waals surface area contributed by atoms with Gasteiger partial charge in [0, 0.05) is 18.5 Å². The summed E-state index contributed by atoms with van der Waals surface area (Å²) >= 11 is 0. The van der Waals surface area contributed by atoms with E-state index in [1.54, 1.807) is 0 Å². The second-order valence-electron chi connectivity index (χ2n) is 6.81. The molecule has 0 radical (unpaired) electrons. The molecule has 0 saturated carbocycles. The third-order valence-electron chi connectivity index (χ3n) is 4.57. The van der Waals surface area contributed by atoms with Gasteiger partial charge in [0.15, 0.2) is 0 Å². The van der Waals surface area contributed by atoms with Gasteiger partial charge in [-0.05, 0) is 65.8 Å². The fourth-order valence-electron chi connectivity index (χ4n) is 3.03. The smallest absolute Gasteiger partial charge is 0.228 e. The van der Waals surface area contributed by atoms with Crippen LogP contribution in [0.4, 0.5) is 0 Å². The molecule has 1 fully saturated rings. The summed E-state index contributed by atoms with van der Waals surface area (Å²) in [5.74, 6) is 0.791.